The highest BCUT2D eigenvalue weighted by Crippen LogP contribution is 2.22. The van der Waals surface area contributed by atoms with Crippen LogP contribution in [0.3, 0.4) is 0 Å². The molecule has 0 amide bonds. The molecule has 0 spiro atoms. The van der Waals surface area contributed by atoms with Gasteiger partial charge in [0.1, 0.15) is 0 Å². The van der Waals surface area contributed by atoms with Crippen molar-refractivity contribution in [2.24, 2.45) is 7.05 Å². The minimum Gasteiger partial charge on any atom is -0.390 e. The summed E-state index contributed by atoms with van der Waals surface area (Å²) in [7, 11) is 1.78. The van der Waals surface area contributed by atoms with E-state index in [1.807, 2.05) is 13.0 Å². The fourth-order valence-electron chi connectivity index (χ4n) is 2.56. The molecule has 4 N–H and O–H groups in total. The summed E-state index contributed by atoms with van der Waals surface area (Å²) in [4.78, 5) is 0. The van der Waals surface area contributed by atoms with Crippen molar-refractivity contribution < 1.29 is 9.84 Å². The SMILES string of the molecule is Cc1nnc(Nc2cnn(C)c2CO)cc1NCC1CNCCO1. The lowest BCUT2D eigenvalue weighted by atomic mass is 10.2. The molecular weight excluding hydrogens is 310 g/mol. The van der Waals surface area contributed by atoms with Crippen molar-refractivity contribution in [3.63, 3.8) is 0 Å². The Labute approximate surface area is 140 Å². The number of anilines is 3. The normalized spacial score (nSPS) is 17.7. The summed E-state index contributed by atoms with van der Waals surface area (Å²) in [5, 5.41) is 31.7. The summed E-state index contributed by atoms with van der Waals surface area (Å²) in [6.45, 7) is 4.98. The van der Waals surface area contributed by atoms with Gasteiger partial charge in [0.05, 0.1) is 48.3 Å². The second kappa shape index (κ2) is 7.56. The van der Waals surface area contributed by atoms with E-state index in [2.05, 4.69) is 31.2 Å². The standard InChI is InChI=1S/C15H23N7O2/c1-10-12(17-7-11-6-16-3-4-24-11)5-15(21-20-10)19-13-8-18-22(2)14(13)9-23/h5,8,11,16,23H,3-4,6-7,9H2,1-2H3,(H2,17,19,21). The van der Waals surface area contributed by atoms with Crippen LogP contribution < -0.4 is 16.0 Å². The van der Waals surface area contributed by atoms with Gasteiger partial charge < -0.3 is 25.8 Å². The van der Waals surface area contributed by atoms with Crippen LogP contribution >= 0.6 is 0 Å². The van der Waals surface area contributed by atoms with Crippen LogP contribution in [0, 0.1) is 6.92 Å². The van der Waals surface area contributed by atoms with Gasteiger partial charge in [0.15, 0.2) is 5.82 Å². The Hall–Kier alpha value is -2.23. The Morgan fingerprint density at radius 3 is 3.04 bits per heavy atom. The molecule has 0 radical (unpaired) electrons. The Morgan fingerprint density at radius 2 is 2.29 bits per heavy atom. The van der Waals surface area contributed by atoms with Crippen molar-refractivity contribution in [2.75, 3.05) is 36.9 Å². The van der Waals surface area contributed by atoms with Crippen molar-refractivity contribution in [3.8, 4) is 0 Å². The van der Waals surface area contributed by atoms with E-state index in [9.17, 15) is 5.11 Å². The highest BCUT2D eigenvalue weighted by molar-refractivity contribution is 5.62. The number of aliphatic hydroxyl groups is 1. The molecule has 2 aromatic heterocycles. The smallest absolute Gasteiger partial charge is 0.155 e. The maximum absolute atomic E-state index is 9.42. The fourth-order valence-corrected chi connectivity index (χ4v) is 2.56. The zero-order chi connectivity index (χ0) is 16.9. The molecule has 3 heterocycles. The maximum Gasteiger partial charge on any atom is 0.155 e. The quantitative estimate of drug-likeness (QED) is 0.592. The molecule has 1 atom stereocenters. The molecule has 0 bridgehead atoms. The number of nitrogens with zero attached hydrogens (tertiary/aromatic N) is 4. The Balaban J connectivity index is 1.68. The first-order valence-corrected chi connectivity index (χ1v) is 7.96. The van der Waals surface area contributed by atoms with E-state index in [1.165, 1.54) is 0 Å². The molecule has 9 nitrogen and oxygen atoms in total. The summed E-state index contributed by atoms with van der Waals surface area (Å²) >= 11 is 0. The first-order chi connectivity index (χ1) is 11.7. The van der Waals surface area contributed by atoms with Gasteiger partial charge in [0, 0.05) is 32.7 Å². The lowest BCUT2D eigenvalue weighted by molar-refractivity contribution is 0.0372. The molecule has 24 heavy (non-hydrogen) atoms. The summed E-state index contributed by atoms with van der Waals surface area (Å²) in [6.07, 6.45) is 1.80. The molecule has 1 unspecified atom stereocenters. The number of aliphatic hydroxyl groups excluding tert-OH is 1. The second-order valence-corrected chi connectivity index (χ2v) is 5.72. The molecule has 9 heteroatoms. The summed E-state index contributed by atoms with van der Waals surface area (Å²) in [5.74, 6) is 0.591. The van der Waals surface area contributed by atoms with E-state index in [1.54, 1.807) is 17.9 Å². The van der Waals surface area contributed by atoms with Crippen LogP contribution in [-0.2, 0) is 18.4 Å². The molecule has 3 rings (SSSR count). The van der Waals surface area contributed by atoms with Gasteiger partial charge in [0.25, 0.3) is 0 Å². The first-order valence-electron chi connectivity index (χ1n) is 7.96. The average molecular weight is 333 g/mol. The average Bonchev–Trinajstić information content (AvgIpc) is 2.95. The minimum atomic E-state index is -0.102. The number of hydrogen-bond acceptors (Lipinski definition) is 8. The maximum atomic E-state index is 9.42. The van der Waals surface area contributed by atoms with Gasteiger partial charge >= 0.3 is 0 Å². The molecule has 1 aliphatic rings. The van der Waals surface area contributed by atoms with E-state index in [0.29, 0.717) is 23.7 Å². The second-order valence-electron chi connectivity index (χ2n) is 5.72. The minimum absolute atomic E-state index is 0.102. The summed E-state index contributed by atoms with van der Waals surface area (Å²) in [6, 6.07) is 1.90. The van der Waals surface area contributed by atoms with Crippen LogP contribution in [0.25, 0.3) is 0 Å². The van der Waals surface area contributed by atoms with E-state index in [0.717, 1.165) is 31.1 Å². The number of nitrogens with one attached hydrogen (secondary N) is 3. The molecule has 2 aromatic rings. The number of aromatic nitrogens is 4. The van der Waals surface area contributed by atoms with E-state index >= 15 is 0 Å². The van der Waals surface area contributed by atoms with Crippen molar-refractivity contribution in [2.45, 2.75) is 19.6 Å². The molecule has 0 aromatic carbocycles. The summed E-state index contributed by atoms with van der Waals surface area (Å²) in [5.41, 5.74) is 3.12. The number of rotatable bonds is 6. The van der Waals surface area contributed by atoms with E-state index in [4.69, 9.17) is 4.74 Å². The van der Waals surface area contributed by atoms with Crippen LogP contribution in [0.5, 0.6) is 0 Å². The van der Waals surface area contributed by atoms with Crippen LogP contribution in [0.4, 0.5) is 17.2 Å². The number of morpholine rings is 1. The monoisotopic (exact) mass is 333 g/mol. The first kappa shape index (κ1) is 16.6. The number of hydrogen-bond donors (Lipinski definition) is 4. The third-order valence-corrected chi connectivity index (χ3v) is 3.98. The lowest BCUT2D eigenvalue weighted by Crippen LogP contribution is -2.42. The molecule has 1 fully saturated rings. The third-order valence-electron chi connectivity index (χ3n) is 3.98. The predicted octanol–water partition coefficient (Wildman–Crippen LogP) is 0.155. The fraction of sp³-hybridized carbons (Fsp3) is 0.533. The van der Waals surface area contributed by atoms with Crippen molar-refractivity contribution in [1.82, 2.24) is 25.3 Å². The highest BCUT2D eigenvalue weighted by Gasteiger charge is 2.14. The van der Waals surface area contributed by atoms with Crippen molar-refractivity contribution >= 4 is 17.2 Å². The van der Waals surface area contributed by atoms with Gasteiger partial charge in [-0.15, -0.1) is 5.10 Å². The zero-order valence-corrected chi connectivity index (χ0v) is 13.9. The molecular formula is C15H23N7O2. The van der Waals surface area contributed by atoms with Gasteiger partial charge in [-0.1, -0.05) is 0 Å². The Morgan fingerprint density at radius 1 is 1.42 bits per heavy atom. The Bertz CT molecular complexity index is 682. The van der Waals surface area contributed by atoms with Crippen LogP contribution in [0.15, 0.2) is 12.3 Å². The van der Waals surface area contributed by atoms with Crippen molar-refractivity contribution in [3.05, 3.63) is 23.7 Å². The molecule has 0 aliphatic carbocycles. The van der Waals surface area contributed by atoms with Crippen LogP contribution in [0.2, 0.25) is 0 Å². The molecule has 130 valence electrons. The van der Waals surface area contributed by atoms with E-state index in [-0.39, 0.29) is 12.7 Å². The van der Waals surface area contributed by atoms with E-state index < -0.39 is 0 Å². The van der Waals surface area contributed by atoms with Gasteiger partial charge in [-0.05, 0) is 6.92 Å². The van der Waals surface area contributed by atoms with Crippen LogP contribution in [0.1, 0.15) is 11.4 Å². The van der Waals surface area contributed by atoms with Gasteiger partial charge in [-0.2, -0.15) is 10.2 Å². The predicted molar refractivity (Wildman–Crippen MR) is 90.3 cm³/mol. The van der Waals surface area contributed by atoms with Gasteiger partial charge in [-0.25, -0.2) is 0 Å². The van der Waals surface area contributed by atoms with Gasteiger partial charge in [-0.3, -0.25) is 4.68 Å². The third kappa shape index (κ3) is 3.81. The van der Waals surface area contributed by atoms with Crippen LogP contribution in [-0.4, -0.2) is 57.4 Å². The highest BCUT2D eigenvalue weighted by atomic mass is 16.5. The lowest BCUT2D eigenvalue weighted by Gasteiger charge is -2.24. The molecule has 1 saturated heterocycles. The van der Waals surface area contributed by atoms with Crippen molar-refractivity contribution in [1.29, 1.82) is 0 Å². The largest absolute Gasteiger partial charge is 0.390 e. The zero-order valence-electron chi connectivity index (χ0n) is 13.9. The Kier molecular flexibility index (Phi) is 5.24. The topological polar surface area (TPSA) is 109 Å². The molecule has 1 aliphatic heterocycles. The summed E-state index contributed by atoms with van der Waals surface area (Å²) < 4.78 is 7.30. The number of aryl methyl sites for hydroxylation is 2. The number of ether oxygens (including phenoxy) is 1. The van der Waals surface area contributed by atoms with Gasteiger partial charge in [0.2, 0.25) is 0 Å². The molecule has 0 saturated carbocycles.